The minimum absolute atomic E-state index is 0.108. The van der Waals surface area contributed by atoms with Gasteiger partial charge in [0.25, 0.3) is 6.47 Å². The molecular weight excluding hydrogens is 323 g/mol. The van der Waals surface area contributed by atoms with Crippen molar-refractivity contribution >= 4 is 28.3 Å². The first-order valence-electron chi connectivity index (χ1n) is 7.29. The van der Waals surface area contributed by atoms with Crippen molar-refractivity contribution in [3.05, 3.63) is 42.0 Å². The van der Waals surface area contributed by atoms with Crippen molar-refractivity contribution in [1.29, 1.82) is 0 Å². The van der Waals surface area contributed by atoms with Gasteiger partial charge in [0.15, 0.2) is 0 Å². The minimum atomic E-state index is -4.74. The smallest absolute Gasteiger partial charge is 0.463 e. The van der Waals surface area contributed by atoms with Gasteiger partial charge in [-0.15, -0.1) is 13.2 Å². The third kappa shape index (κ3) is 3.02. The highest BCUT2D eigenvalue weighted by atomic mass is 19.4. The van der Waals surface area contributed by atoms with Crippen molar-refractivity contribution in [3.63, 3.8) is 0 Å². The maximum absolute atomic E-state index is 12.5. The molecule has 2 aromatic carbocycles. The number of aromatic nitrogens is 1. The second-order valence-corrected chi connectivity index (χ2v) is 5.23. The quantitative estimate of drug-likeness (QED) is 0.649. The minimum Gasteiger partial charge on any atom is -0.463 e. The third-order valence-corrected chi connectivity index (χ3v) is 3.77. The highest BCUT2D eigenvalue weighted by molar-refractivity contribution is 6.08. The molecule has 0 aliphatic carbocycles. The molecule has 0 saturated heterocycles. The van der Waals surface area contributed by atoms with Crippen molar-refractivity contribution < 1.29 is 27.4 Å². The van der Waals surface area contributed by atoms with Crippen LogP contribution in [-0.4, -0.2) is 17.4 Å². The predicted molar refractivity (Wildman–Crippen MR) is 82.7 cm³/mol. The first-order valence-corrected chi connectivity index (χ1v) is 7.29. The zero-order valence-electron chi connectivity index (χ0n) is 12.8. The van der Waals surface area contributed by atoms with E-state index in [2.05, 4.69) is 4.74 Å². The predicted octanol–water partition coefficient (Wildman–Crippen LogP) is 4.39. The molecule has 0 aliphatic heterocycles. The number of ether oxygens (including phenoxy) is 2. The maximum Gasteiger partial charge on any atom is 0.573 e. The normalized spacial score (nSPS) is 11.8. The number of nitrogens with zero attached hydrogens (tertiary/aromatic N) is 1. The zero-order valence-corrected chi connectivity index (χ0v) is 12.8. The van der Waals surface area contributed by atoms with E-state index < -0.39 is 6.36 Å². The van der Waals surface area contributed by atoms with Gasteiger partial charge < -0.3 is 14.0 Å². The summed E-state index contributed by atoms with van der Waals surface area (Å²) in [4.78, 5) is 10.3. The molecule has 1 heterocycles. The molecule has 1 aromatic heterocycles. The standard InChI is InChI=1S/C17H14F3NO3/c1-2-21-15-5-3-11(9-23-10-22)7-13(15)14-8-12(4-6-16(14)21)24-17(18,19)20/h3-8,10H,2,9H2,1H3. The molecule has 0 N–H and O–H groups in total. The number of carbonyl (C=O) groups excluding carboxylic acids is 1. The van der Waals surface area contributed by atoms with Crippen molar-refractivity contribution in [2.24, 2.45) is 0 Å². The lowest BCUT2D eigenvalue weighted by Crippen LogP contribution is -2.16. The van der Waals surface area contributed by atoms with Crippen LogP contribution in [0.25, 0.3) is 21.8 Å². The summed E-state index contributed by atoms with van der Waals surface area (Å²) in [6.07, 6.45) is -4.74. The second-order valence-electron chi connectivity index (χ2n) is 5.23. The van der Waals surface area contributed by atoms with Gasteiger partial charge in [-0.3, -0.25) is 4.79 Å². The van der Waals surface area contributed by atoms with Crippen LogP contribution in [0.1, 0.15) is 12.5 Å². The van der Waals surface area contributed by atoms with Crippen LogP contribution in [-0.2, 0) is 22.7 Å². The number of alkyl halides is 3. The van der Waals surface area contributed by atoms with Gasteiger partial charge in [0.1, 0.15) is 12.4 Å². The van der Waals surface area contributed by atoms with Crippen molar-refractivity contribution in [2.45, 2.75) is 26.4 Å². The molecule has 0 amide bonds. The molecule has 126 valence electrons. The van der Waals surface area contributed by atoms with E-state index >= 15 is 0 Å². The molecule has 3 aromatic rings. The van der Waals surface area contributed by atoms with E-state index in [1.54, 1.807) is 6.07 Å². The van der Waals surface area contributed by atoms with E-state index in [1.807, 2.05) is 29.7 Å². The fourth-order valence-electron chi connectivity index (χ4n) is 2.89. The number of halogens is 3. The lowest BCUT2D eigenvalue weighted by atomic mass is 10.1. The number of benzene rings is 2. The van der Waals surface area contributed by atoms with Crippen molar-refractivity contribution in [3.8, 4) is 5.75 Å². The molecule has 3 rings (SSSR count). The SMILES string of the molecule is CCn1c2ccc(COC=O)cc2c2cc(OC(F)(F)F)ccc21. The van der Waals surface area contributed by atoms with Crippen LogP contribution in [0.5, 0.6) is 5.75 Å². The van der Waals surface area contributed by atoms with Crippen LogP contribution in [0.15, 0.2) is 36.4 Å². The van der Waals surface area contributed by atoms with Gasteiger partial charge in [0.05, 0.1) is 0 Å². The molecule has 0 fully saturated rings. The Kier molecular flexibility index (Phi) is 4.09. The van der Waals surface area contributed by atoms with Gasteiger partial charge in [-0.2, -0.15) is 0 Å². The van der Waals surface area contributed by atoms with Gasteiger partial charge in [0.2, 0.25) is 0 Å². The number of aryl methyl sites for hydroxylation is 1. The molecule has 24 heavy (non-hydrogen) atoms. The molecule has 0 unspecified atom stereocenters. The van der Waals surface area contributed by atoms with E-state index in [0.717, 1.165) is 22.0 Å². The Balaban J connectivity index is 2.18. The molecule has 0 radical (unpaired) electrons. The number of hydrogen-bond acceptors (Lipinski definition) is 3. The summed E-state index contributed by atoms with van der Waals surface area (Å²) in [6, 6.07) is 9.79. The summed E-state index contributed by atoms with van der Waals surface area (Å²) < 4.78 is 48.1. The van der Waals surface area contributed by atoms with Crippen molar-refractivity contribution in [1.82, 2.24) is 4.57 Å². The third-order valence-electron chi connectivity index (χ3n) is 3.77. The first kappa shape index (κ1) is 16.2. The monoisotopic (exact) mass is 337 g/mol. The highest BCUT2D eigenvalue weighted by Crippen LogP contribution is 2.34. The van der Waals surface area contributed by atoms with Crippen LogP contribution in [0.4, 0.5) is 13.2 Å². The van der Waals surface area contributed by atoms with E-state index in [1.165, 1.54) is 12.1 Å². The summed E-state index contributed by atoms with van der Waals surface area (Å²) in [7, 11) is 0. The van der Waals surface area contributed by atoms with Gasteiger partial charge in [-0.25, -0.2) is 0 Å². The maximum atomic E-state index is 12.5. The largest absolute Gasteiger partial charge is 0.573 e. The molecular formula is C17H14F3NO3. The Hall–Kier alpha value is -2.70. The number of carbonyl (C=O) groups is 1. The number of rotatable bonds is 5. The van der Waals surface area contributed by atoms with E-state index in [9.17, 15) is 18.0 Å². The number of hydrogen-bond donors (Lipinski definition) is 0. The zero-order chi connectivity index (χ0) is 17.3. The van der Waals surface area contributed by atoms with Gasteiger partial charge in [-0.1, -0.05) is 6.07 Å². The molecule has 0 bridgehead atoms. The Bertz CT molecular complexity index is 899. The fraction of sp³-hybridized carbons (Fsp3) is 0.235. The summed E-state index contributed by atoms with van der Waals surface area (Å²) in [5.41, 5.74) is 2.47. The molecule has 0 atom stereocenters. The first-order chi connectivity index (χ1) is 11.4. The highest BCUT2D eigenvalue weighted by Gasteiger charge is 2.31. The van der Waals surface area contributed by atoms with Crippen LogP contribution in [0.2, 0.25) is 0 Å². The molecule has 0 saturated carbocycles. The fourth-order valence-corrected chi connectivity index (χ4v) is 2.89. The van der Waals surface area contributed by atoms with Crippen molar-refractivity contribution in [2.75, 3.05) is 0 Å². The summed E-state index contributed by atoms with van der Waals surface area (Å²) in [5, 5.41) is 1.44. The van der Waals surface area contributed by atoms with Crippen LogP contribution < -0.4 is 4.74 Å². The van der Waals surface area contributed by atoms with E-state index in [0.29, 0.717) is 18.4 Å². The Labute approximate surface area is 135 Å². The van der Waals surface area contributed by atoms with Crippen LogP contribution in [0, 0.1) is 0 Å². The van der Waals surface area contributed by atoms with Gasteiger partial charge >= 0.3 is 6.36 Å². The van der Waals surface area contributed by atoms with Crippen LogP contribution in [0.3, 0.4) is 0 Å². The van der Waals surface area contributed by atoms with E-state index in [-0.39, 0.29) is 12.4 Å². The summed E-state index contributed by atoms with van der Waals surface area (Å²) in [6.45, 7) is 3.10. The Morgan fingerprint density at radius 2 is 1.75 bits per heavy atom. The lowest BCUT2D eigenvalue weighted by Gasteiger charge is -2.09. The average Bonchev–Trinajstić information content (AvgIpc) is 2.84. The molecule has 4 nitrogen and oxygen atoms in total. The number of fused-ring (bicyclic) bond motifs is 3. The second kappa shape index (κ2) is 6.07. The summed E-state index contributed by atoms with van der Waals surface area (Å²) in [5.74, 6) is -0.264. The van der Waals surface area contributed by atoms with Gasteiger partial charge in [0, 0.05) is 28.4 Å². The Morgan fingerprint density at radius 3 is 2.38 bits per heavy atom. The molecule has 0 aliphatic rings. The van der Waals surface area contributed by atoms with E-state index in [4.69, 9.17) is 4.74 Å². The van der Waals surface area contributed by atoms with Crippen LogP contribution >= 0.6 is 0 Å². The topological polar surface area (TPSA) is 40.5 Å². The molecule has 7 heteroatoms. The Morgan fingerprint density at radius 1 is 1.08 bits per heavy atom. The van der Waals surface area contributed by atoms with Gasteiger partial charge in [-0.05, 0) is 42.8 Å². The average molecular weight is 337 g/mol. The summed E-state index contributed by atoms with van der Waals surface area (Å²) >= 11 is 0. The molecule has 0 spiro atoms. The lowest BCUT2D eigenvalue weighted by molar-refractivity contribution is -0.274.